The summed E-state index contributed by atoms with van der Waals surface area (Å²) in [6.07, 6.45) is 3.80. The minimum absolute atomic E-state index is 0.0229. The lowest BCUT2D eigenvalue weighted by Crippen LogP contribution is -2.29. The number of nitrogens with one attached hydrogen (secondary N) is 2. The van der Waals surface area contributed by atoms with Gasteiger partial charge in [0.1, 0.15) is 0 Å². The number of anilines is 1. The third-order valence-electron chi connectivity index (χ3n) is 4.06. The number of fused-ring (bicyclic) bond motifs is 1. The molecule has 0 aliphatic heterocycles. The van der Waals surface area contributed by atoms with Gasteiger partial charge in [0.15, 0.2) is 5.58 Å². The number of benzene rings is 1. The average molecular weight is 290 g/mol. The van der Waals surface area contributed by atoms with Gasteiger partial charge in [-0.2, -0.15) is 0 Å². The molecule has 2 aromatic rings. The molecule has 1 saturated carbocycles. The molecule has 1 aliphatic rings. The van der Waals surface area contributed by atoms with Crippen molar-refractivity contribution < 1.29 is 13.9 Å². The van der Waals surface area contributed by atoms with Crippen molar-refractivity contribution in [2.75, 3.05) is 12.4 Å². The van der Waals surface area contributed by atoms with E-state index in [1.807, 2.05) is 0 Å². The van der Waals surface area contributed by atoms with Crippen LogP contribution in [0.5, 0.6) is 0 Å². The highest BCUT2D eigenvalue weighted by atomic mass is 16.5. The number of H-pyrrole nitrogens is 1. The van der Waals surface area contributed by atoms with Gasteiger partial charge in [-0.25, -0.2) is 4.79 Å². The number of aromatic amines is 1. The molecule has 0 atom stereocenters. The Labute approximate surface area is 121 Å². The number of aromatic nitrogens is 1. The summed E-state index contributed by atoms with van der Waals surface area (Å²) in [6, 6.07) is 5.11. The third-order valence-corrected chi connectivity index (χ3v) is 4.06. The molecule has 0 spiro atoms. The standard InChI is InChI=1S/C15H18N2O4/c1-20-11-5-2-9(3-6-11)14(18)16-10-4-7-13-12(8-10)17-15(19)21-13/h4,7-9,11H,2-3,5-6H2,1H3,(H,16,18)(H,17,19). The fraction of sp³-hybridized carbons (Fsp3) is 0.467. The predicted molar refractivity (Wildman–Crippen MR) is 78.2 cm³/mol. The van der Waals surface area contributed by atoms with Crippen LogP contribution in [0.4, 0.5) is 5.69 Å². The van der Waals surface area contributed by atoms with Crippen molar-refractivity contribution >= 4 is 22.7 Å². The molecule has 1 heterocycles. The Balaban J connectivity index is 1.67. The van der Waals surface area contributed by atoms with Crippen molar-refractivity contribution in [1.29, 1.82) is 0 Å². The van der Waals surface area contributed by atoms with Crippen LogP contribution in [0.2, 0.25) is 0 Å². The number of hydrogen-bond acceptors (Lipinski definition) is 4. The number of rotatable bonds is 3. The molecule has 0 bridgehead atoms. The number of carbonyl (C=O) groups is 1. The van der Waals surface area contributed by atoms with Crippen LogP contribution in [0.15, 0.2) is 27.4 Å². The second kappa shape index (κ2) is 5.73. The summed E-state index contributed by atoms with van der Waals surface area (Å²) in [7, 11) is 1.71. The summed E-state index contributed by atoms with van der Waals surface area (Å²) < 4.78 is 10.2. The summed E-state index contributed by atoms with van der Waals surface area (Å²) in [5.74, 6) is -0.448. The van der Waals surface area contributed by atoms with Gasteiger partial charge in [-0.3, -0.25) is 9.78 Å². The SMILES string of the molecule is COC1CCC(C(=O)Nc2ccc3oc(=O)[nH]c3c2)CC1. The molecule has 112 valence electrons. The number of carbonyl (C=O) groups excluding carboxylic acids is 1. The average Bonchev–Trinajstić information content (AvgIpc) is 2.86. The second-order valence-corrected chi connectivity index (χ2v) is 5.42. The van der Waals surface area contributed by atoms with E-state index < -0.39 is 5.76 Å². The van der Waals surface area contributed by atoms with E-state index in [4.69, 9.17) is 9.15 Å². The largest absolute Gasteiger partial charge is 0.417 e. The monoisotopic (exact) mass is 290 g/mol. The Morgan fingerprint density at radius 1 is 1.33 bits per heavy atom. The zero-order chi connectivity index (χ0) is 14.8. The summed E-state index contributed by atoms with van der Waals surface area (Å²) in [5, 5.41) is 2.90. The van der Waals surface area contributed by atoms with E-state index in [-0.39, 0.29) is 17.9 Å². The van der Waals surface area contributed by atoms with Crippen LogP contribution in [0.1, 0.15) is 25.7 Å². The molecular formula is C15H18N2O4. The molecule has 0 saturated heterocycles. The van der Waals surface area contributed by atoms with E-state index in [1.165, 1.54) is 0 Å². The van der Waals surface area contributed by atoms with Crippen molar-refractivity contribution in [1.82, 2.24) is 4.98 Å². The van der Waals surface area contributed by atoms with E-state index in [1.54, 1.807) is 25.3 Å². The Hall–Kier alpha value is -2.08. The smallest absolute Gasteiger partial charge is 0.408 e. The Morgan fingerprint density at radius 2 is 2.10 bits per heavy atom. The van der Waals surface area contributed by atoms with Gasteiger partial charge in [0.25, 0.3) is 0 Å². The van der Waals surface area contributed by atoms with Crippen LogP contribution in [0.3, 0.4) is 0 Å². The number of oxazole rings is 1. The molecular weight excluding hydrogens is 272 g/mol. The third kappa shape index (κ3) is 3.00. The second-order valence-electron chi connectivity index (χ2n) is 5.42. The molecule has 3 rings (SSSR count). The lowest BCUT2D eigenvalue weighted by atomic mass is 9.87. The molecule has 1 amide bonds. The zero-order valence-corrected chi connectivity index (χ0v) is 11.8. The molecule has 1 fully saturated rings. The zero-order valence-electron chi connectivity index (χ0n) is 11.8. The van der Waals surface area contributed by atoms with Crippen LogP contribution in [0, 0.1) is 5.92 Å². The van der Waals surface area contributed by atoms with Crippen molar-refractivity contribution in [3.05, 3.63) is 28.7 Å². The van der Waals surface area contributed by atoms with E-state index in [0.717, 1.165) is 25.7 Å². The summed E-state index contributed by atoms with van der Waals surface area (Å²) in [5.41, 5.74) is 1.73. The fourth-order valence-corrected chi connectivity index (χ4v) is 2.83. The van der Waals surface area contributed by atoms with E-state index in [0.29, 0.717) is 16.8 Å². The van der Waals surface area contributed by atoms with Crippen molar-refractivity contribution in [3.63, 3.8) is 0 Å². The van der Waals surface area contributed by atoms with Crippen molar-refractivity contribution in [3.8, 4) is 0 Å². The van der Waals surface area contributed by atoms with Crippen LogP contribution in [0.25, 0.3) is 11.1 Å². The van der Waals surface area contributed by atoms with Gasteiger partial charge in [-0.1, -0.05) is 0 Å². The van der Waals surface area contributed by atoms with Gasteiger partial charge in [-0.05, 0) is 43.9 Å². The lowest BCUT2D eigenvalue weighted by molar-refractivity contribution is -0.121. The molecule has 6 nitrogen and oxygen atoms in total. The van der Waals surface area contributed by atoms with Gasteiger partial charge in [0.05, 0.1) is 11.6 Å². The van der Waals surface area contributed by atoms with Gasteiger partial charge in [0.2, 0.25) is 5.91 Å². The van der Waals surface area contributed by atoms with Crippen LogP contribution in [-0.2, 0) is 9.53 Å². The van der Waals surface area contributed by atoms with Gasteiger partial charge >= 0.3 is 5.76 Å². The number of ether oxygens (including phenoxy) is 1. The maximum Gasteiger partial charge on any atom is 0.417 e. The molecule has 1 aliphatic carbocycles. The first-order chi connectivity index (χ1) is 10.2. The van der Waals surface area contributed by atoms with E-state index in [9.17, 15) is 9.59 Å². The highest BCUT2D eigenvalue weighted by Gasteiger charge is 2.26. The number of hydrogen-bond donors (Lipinski definition) is 2. The maximum absolute atomic E-state index is 12.3. The van der Waals surface area contributed by atoms with E-state index >= 15 is 0 Å². The molecule has 0 radical (unpaired) electrons. The highest BCUT2D eigenvalue weighted by Crippen LogP contribution is 2.27. The van der Waals surface area contributed by atoms with Gasteiger partial charge < -0.3 is 14.5 Å². The van der Waals surface area contributed by atoms with Crippen LogP contribution in [-0.4, -0.2) is 24.1 Å². The summed E-state index contributed by atoms with van der Waals surface area (Å²) in [4.78, 5) is 25.9. The maximum atomic E-state index is 12.3. The van der Waals surface area contributed by atoms with Gasteiger partial charge in [-0.15, -0.1) is 0 Å². The first-order valence-electron chi connectivity index (χ1n) is 7.12. The molecule has 1 aromatic heterocycles. The number of amides is 1. The summed E-state index contributed by atoms with van der Waals surface area (Å²) >= 11 is 0. The summed E-state index contributed by atoms with van der Waals surface area (Å²) in [6.45, 7) is 0. The molecule has 21 heavy (non-hydrogen) atoms. The fourth-order valence-electron chi connectivity index (χ4n) is 2.83. The Bertz CT molecular complexity index is 695. The Kier molecular flexibility index (Phi) is 3.79. The topological polar surface area (TPSA) is 84.3 Å². The quantitative estimate of drug-likeness (QED) is 0.908. The van der Waals surface area contributed by atoms with Crippen LogP contribution < -0.4 is 11.1 Å². The first kappa shape index (κ1) is 13.9. The van der Waals surface area contributed by atoms with E-state index in [2.05, 4.69) is 10.3 Å². The molecule has 6 heteroatoms. The van der Waals surface area contributed by atoms with Gasteiger partial charge in [0, 0.05) is 18.7 Å². The normalized spacial score (nSPS) is 22.3. The van der Waals surface area contributed by atoms with Crippen molar-refractivity contribution in [2.45, 2.75) is 31.8 Å². The first-order valence-corrected chi connectivity index (χ1v) is 7.12. The lowest BCUT2D eigenvalue weighted by Gasteiger charge is -2.26. The molecule has 2 N–H and O–H groups in total. The van der Waals surface area contributed by atoms with Crippen LogP contribution >= 0.6 is 0 Å². The van der Waals surface area contributed by atoms with Crippen molar-refractivity contribution in [2.24, 2.45) is 5.92 Å². The Morgan fingerprint density at radius 3 is 2.81 bits per heavy atom. The minimum atomic E-state index is -0.494. The predicted octanol–water partition coefficient (Wildman–Crippen LogP) is 2.26. The minimum Gasteiger partial charge on any atom is -0.408 e. The number of methoxy groups -OCH3 is 1. The molecule has 0 unspecified atom stereocenters. The highest BCUT2D eigenvalue weighted by molar-refractivity contribution is 5.94. The molecule has 1 aromatic carbocycles.